The van der Waals surface area contributed by atoms with Crippen molar-refractivity contribution in [2.24, 2.45) is 0 Å². The molecule has 164 valence electrons. The number of hydrogen-bond donors (Lipinski definition) is 1. The maximum absolute atomic E-state index is 5.20. The summed E-state index contributed by atoms with van der Waals surface area (Å²) in [6.07, 6.45) is 5.50. The SMILES string of the molecule is COCCN1CCN(c2ccnc(Nc3nc4ccc(-c5ccncc5)cc4s3)c2)CC1. The van der Waals surface area contributed by atoms with Gasteiger partial charge < -0.3 is 15.0 Å². The molecular formula is C24H26N6OS. The predicted octanol–water partition coefficient (Wildman–Crippen LogP) is 4.27. The molecule has 0 bridgehead atoms. The van der Waals surface area contributed by atoms with Crippen LogP contribution in [-0.4, -0.2) is 66.3 Å². The van der Waals surface area contributed by atoms with E-state index in [9.17, 15) is 0 Å². The predicted molar refractivity (Wildman–Crippen MR) is 131 cm³/mol. The summed E-state index contributed by atoms with van der Waals surface area (Å²) >= 11 is 1.64. The van der Waals surface area contributed by atoms with Crippen LogP contribution in [0.2, 0.25) is 0 Å². The number of rotatable bonds is 7. The van der Waals surface area contributed by atoms with Gasteiger partial charge in [0.25, 0.3) is 0 Å². The summed E-state index contributed by atoms with van der Waals surface area (Å²) in [7, 11) is 1.76. The van der Waals surface area contributed by atoms with Crippen molar-refractivity contribution in [3.05, 3.63) is 61.1 Å². The van der Waals surface area contributed by atoms with Crippen LogP contribution in [0.15, 0.2) is 61.1 Å². The van der Waals surface area contributed by atoms with Crippen LogP contribution in [-0.2, 0) is 4.74 Å². The number of nitrogens with one attached hydrogen (secondary N) is 1. The number of benzene rings is 1. The molecule has 1 N–H and O–H groups in total. The molecule has 1 aliphatic heterocycles. The van der Waals surface area contributed by atoms with Crippen LogP contribution < -0.4 is 10.2 Å². The zero-order chi connectivity index (χ0) is 21.8. The second-order valence-corrected chi connectivity index (χ2v) is 8.81. The smallest absolute Gasteiger partial charge is 0.189 e. The number of ether oxygens (including phenoxy) is 1. The molecule has 1 aromatic carbocycles. The van der Waals surface area contributed by atoms with Gasteiger partial charge >= 0.3 is 0 Å². The largest absolute Gasteiger partial charge is 0.383 e. The van der Waals surface area contributed by atoms with Gasteiger partial charge in [-0.2, -0.15) is 0 Å². The molecule has 0 radical (unpaired) electrons. The molecule has 0 amide bonds. The van der Waals surface area contributed by atoms with E-state index in [0.717, 1.165) is 66.1 Å². The number of anilines is 3. The number of methoxy groups -OCH3 is 1. The van der Waals surface area contributed by atoms with Gasteiger partial charge in [0.1, 0.15) is 5.82 Å². The van der Waals surface area contributed by atoms with E-state index < -0.39 is 0 Å². The lowest BCUT2D eigenvalue weighted by Gasteiger charge is -2.36. The highest BCUT2D eigenvalue weighted by Gasteiger charge is 2.17. The zero-order valence-corrected chi connectivity index (χ0v) is 18.9. The molecule has 5 rings (SSSR count). The average Bonchev–Trinajstić information content (AvgIpc) is 3.25. The molecule has 4 heterocycles. The number of aromatic nitrogens is 3. The first-order chi connectivity index (χ1) is 15.8. The lowest BCUT2D eigenvalue weighted by atomic mass is 10.1. The van der Waals surface area contributed by atoms with Crippen molar-refractivity contribution < 1.29 is 4.74 Å². The molecule has 0 aliphatic carbocycles. The second-order valence-electron chi connectivity index (χ2n) is 7.78. The highest BCUT2D eigenvalue weighted by Crippen LogP contribution is 2.32. The van der Waals surface area contributed by atoms with Crippen molar-refractivity contribution in [1.29, 1.82) is 0 Å². The van der Waals surface area contributed by atoms with E-state index in [1.54, 1.807) is 18.4 Å². The van der Waals surface area contributed by atoms with Crippen LogP contribution in [0, 0.1) is 0 Å². The van der Waals surface area contributed by atoms with Crippen molar-refractivity contribution in [2.75, 3.05) is 56.7 Å². The topological polar surface area (TPSA) is 66.4 Å². The Hall–Kier alpha value is -3.07. The summed E-state index contributed by atoms with van der Waals surface area (Å²) in [5.41, 5.74) is 4.50. The van der Waals surface area contributed by atoms with Crippen LogP contribution in [0.3, 0.4) is 0 Å². The highest BCUT2D eigenvalue weighted by molar-refractivity contribution is 7.22. The van der Waals surface area contributed by atoms with Crippen LogP contribution in [0.25, 0.3) is 21.3 Å². The average molecular weight is 447 g/mol. The summed E-state index contributed by atoms with van der Waals surface area (Å²) < 4.78 is 6.34. The third-order valence-electron chi connectivity index (χ3n) is 5.73. The molecule has 1 saturated heterocycles. The van der Waals surface area contributed by atoms with Crippen molar-refractivity contribution in [3.63, 3.8) is 0 Å². The summed E-state index contributed by atoms with van der Waals surface area (Å²) in [5.74, 6) is 0.817. The van der Waals surface area contributed by atoms with Gasteiger partial charge in [-0.3, -0.25) is 9.88 Å². The Labute approximate surface area is 191 Å². The normalized spacial score (nSPS) is 14.7. The van der Waals surface area contributed by atoms with E-state index in [4.69, 9.17) is 9.72 Å². The summed E-state index contributed by atoms with van der Waals surface area (Å²) in [6.45, 7) is 5.89. The van der Waals surface area contributed by atoms with Crippen molar-refractivity contribution in [3.8, 4) is 11.1 Å². The molecule has 1 fully saturated rings. The van der Waals surface area contributed by atoms with E-state index in [1.807, 2.05) is 30.7 Å². The zero-order valence-electron chi connectivity index (χ0n) is 18.1. The third-order valence-corrected chi connectivity index (χ3v) is 6.66. The Balaban J connectivity index is 1.28. The highest BCUT2D eigenvalue weighted by atomic mass is 32.1. The fourth-order valence-corrected chi connectivity index (χ4v) is 4.86. The number of pyridine rings is 2. The monoisotopic (exact) mass is 446 g/mol. The molecule has 0 spiro atoms. The minimum absolute atomic E-state index is 0.787. The molecule has 8 heteroatoms. The maximum Gasteiger partial charge on any atom is 0.189 e. The molecular weight excluding hydrogens is 420 g/mol. The minimum Gasteiger partial charge on any atom is -0.383 e. The Morgan fingerprint density at radius 3 is 2.62 bits per heavy atom. The van der Waals surface area contributed by atoms with Gasteiger partial charge in [0, 0.05) is 70.2 Å². The first-order valence-electron chi connectivity index (χ1n) is 10.8. The van der Waals surface area contributed by atoms with E-state index in [2.05, 4.69) is 55.4 Å². The third kappa shape index (κ3) is 4.72. The number of piperazine rings is 1. The Morgan fingerprint density at radius 1 is 0.969 bits per heavy atom. The Bertz CT molecular complexity index is 1170. The first-order valence-corrected chi connectivity index (χ1v) is 11.6. The van der Waals surface area contributed by atoms with Crippen molar-refractivity contribution in [1.82, 2.24) is 19.9 Å². The van der Waals surface area contributed by atoms with Crippen LogP contribution >= 0.6 is 11.3 Å². The number of fused-ring (bicyclic) bond motifs is 1. The van der Waals surface area contributed by atoms with Gasteiger partial charge in [-0.1, -0.05) is 17.4 Å². The van der Waals surface area contributed by atoms with E-state index in [1.165, 1.54) is 11.3 Å². The number of hydrogen-bond acceptors (Lipinski definition) is 8. The lowest BCUT2D eigenvalue weighted by Crippen LogP contribution is -2.47. The summed E-state index contributed by atoms with van der Waals surface area (Å²) in [6, 6.07) is 14.6. The molecule has 4 aromatic rings. The van der Waals surface area contributed by atoms with E-state index >= 15 is 0 Å². The maximum atomic E-state index is 5.20. The standard InChI is InChI=1S/C24H26N6OS/c1-31-15-14-29-10-12-30(13-11-29)20-6-9-26-23(17-20)28-24-27-21-3-2-19(16-22(21)32-24)18-4-7-25-8-5-18/h2-9,16-17H,10-15H2,1H3,(H,26,27,28). The van der Waals surface area contributed by atoms with Crippen LogP contribution in [0.4, 0.5) is 16.6 Å². The van der Waals surface area contributed by atoms with Gasteiger partial charge in [0.15, 0.2) is 5.13 Å². The van der Waals surface area contributed by atoms with Crippen molar-refractivity contribution in [2.45, 2.75) is 0 Å². The number of nitrogens with zero attached hydrogens (tertiary/aromatic N) is 5. The van der Waals surface area contributed by atoms with Crippen molar-refractivity contribution >= 4 is 38.2 Å². The van der Waals surface area contributed by atoms with Gasteiger partial charge in [-0.15, -0.1) is 0 Å². The quantitative estimate of drug-likeness (QED) is 0.455. The molecule has 0 atom stereocenters. The fraction of sp³-hybridized carbons (Fsp3) is 0.292. The van der Waals surface area contributed by atoms with E-state index in [0.29, 0.717) is 0 Å². The van der Waals surface area contributed by atoms with E-state index in [-0.39, 0.29) is 0 Å². The minimum atomic E-state index is 0.787. The van der Waals surface area contributed by atoms with Crippen LogP contribution in [0.1, 0.15) is 0 Å². The molecule has 3 aromatic heterocycles. The number of thiazole rings is 1. The Morgan fingerprint density at radius 2 is 1.81 bits per heavy atom. The van der Waals surface area contributed by atoms with Crippen LogP contribution in [0.5, 0.6) is 0 Å². The van der Waals surface area contributed by atoms with Gasteiger partial charge in [0.05, 0.1) is 16.8 Å². The molecule has 32 heavy (non-hydrogen) atoms. The molecule has 0 unspecified atom stereocenters. The van der Waals surface area contributed by atoms with Gasteiger partial charge in [-0.25, -0.2) is 9.97 Å². The van der Waals surface area contributed by atoms with Gasteiger partial charge in [0.2, 0.25) is 0 Å². The fourth-order valence-electron chi connectivity index (χ4n) is 3.95. The molecule has 7 nitrogen and oxygen atoms in total. The first kappa shape index (κ1) is 20.8. The molecule has 1 aliphatic rings. The summed E-state index contributed by atoms with van der Waals surface area (Å²) in [5, 5.41) is 4.25. The molecule has 0 saturated carbocycles. The summed E-state index contributed by atoms with van der Waals surface area (Å²) in [4.78, 5) is 18.2. The van der Waals surface area contributed by atoms with Gasteiger partial charge in [-0.05, 0) is 41.5 Å². The second kappa shape index (κ2) is 9.60. The lowest BCUT2D eigenvalue weighted by molar-refractivity contribution is 0.144. The Kier molecular flexibility index (Phi) is 6.24.